The van der Waals surface area contributed by atoms with Crippen molar-refractivity contribution in [2.24, 2.45) is 0 Å². The molecule has 0 aliphatic rings. The number of rotatable bonds is 3. The van der Waals surface area contributed by atoms with E-state index in [1.54, 1.807) is 10.7 Å². The minimum Gasteiger partial charge on any atom is -0.347 e. The van der Waals surface area contributed by atoms with Crippen LogP contribution in [0.25, 0.3) is 5.65 Å². The van der Waals surface area contributed by atoms with Gasteiger partial charge in [-0.3, -0.25) is 4.98 Å². The van der Waals surface area contributed by atoms with Gasteiger partial charge in [0.25, 0.3) is 0 Å². The van der Waals surface area contributed by atoms with Gasteiger partial charge in [-0.15, -0.1) is 5.10 Å². The van der Waals surface area contributed by atoms with Gasteiger partial charge in [0.2, 0.25) is 5.95 Å². The van der Waals surface area contributed by atoms with Gasteiger partial charge in [-0.1, -0.05) is 12.1 Å². The van der Waals surface area contributed by atoms with Gasteiger partial charge in [0, 0.05) is 12.4 Å². The first kappa shape index (κ1) is 11.6. The van der Waals surface area contributed by atoms with Crippen LogP contribution in [-0.2, 0) is 6.54 Å². The van der Waals surface area contributed by atoms with Crippen molar-refractivity contribution < 1.29 is 0 Å². The van der Waals surface area contributed by atoms with E-state index in [0.29, 0.717) is 12.5 Å². The SMILES string of the molecule is Cc1ccc2nc(NCc3ncccc3C)nn2c1. The summed E-state index contributed by atoms with van der Waals surface area (Å²) in [7, 11) is 0. The van der Waals surface area contributed by atoms with Gasteiger partial charge >= 0.3 is 0 Å². The van der Waals surface area contributed by atoms with Gasteiger partial charge in [-0.05, 0) is 37.1 Å². The molecular weight excluding hydrogens is 238 g/mol. The lowest BCUT2D eigenvalue weighted by Gasteiger charge is -2.03. The van der Waals surface area contributed by atoms with E-state index in [1.165, 1.54) is 0 Å². The van der Waals surface area contributed by atoms with Crippen molar-refractivity contribution >= 4 is 11.6 Å². The number of fused-ring (bicyclic) bond motifs is 1. The van der Waals surface area contributed by atoms with E-state index >= 15 is 0 Å². The lowest BCUT2D eigenvalue weighted by molar-refractivity contribution is 0.931. The van der Waals surface area contributed by atoms with Gasteiger partial charge < -0.3 is 5.32 Å². The van der Waals surface area contributed by atoms with Crippen LogP contribution in [0, 0.1) is 13.8 Å². The summed E-state index contributed by atoms with van der Waals surface area (Å²) in [6, 6.07) is 7.96. The summed E-state index contributed by atoms with van der Waals surface area (Å²) in [5.74, 6) is 0.621. The maximum Gasteiger partial charge on any atom is 0.243 e. The van der Waals surface area contributed by atoms with E-state index in [0.717, 1.165) is 22.5 Å². The Morgan fingerprint density at radius 2 is 2.11 bits per heavy atom. The summed E-state index contributed by atoms with van der Waals surface area (Å²) in [5.41, 5.74) is 4.17. The third-order valence-corrected chi connectivity index (χ3v) is 3.01. The van der Waals surface area contributed by atoms with Crippen LogP contribution < -0.4 is 5.32 Å². The predicted octanol–water partition coefficient (Wildman–Crippen LogP) is 2.35. The lowest BCUT2D eigenvalue weighted by Crippen LogP contribution is -2.04. The van der Waals surface area contributed by atoms with Crippen LogP contribution in [0.15, 0.2) is 36.7 Å². The summed E-state index contributed by atoms with van der Waals surface area (Å²) in [4.78, 5) is 8.75. The maximum absolute atomic E-state index is 4.41. The quantitative estimate of drug-likeness (QED) is 0.778. The normalized spacial score (nSPS) is 10.8. The zero-order chi connectivity index (χ0) is 13.2. The fourth-order valence-corrected chi connectivity index (χ4v) is 1.93. The summed E-state index contributed by atoms with van der Waals surface area (Å²) in [5, 5.41) is 7.59. The second-order valence-corrected chi connectivity index (χ2v) is 4.57. The van der Waals surface area contributed by atoms with Crippen molar-refractivity contribution in [1.29, 1.82) is 0 Å². The van der Waals surface area contributed by atoms with Crippen LogP contribution in [-0.4, -0.2) is 19.6 Å². The van der Waals surface area contributed by atoms with Crippen LogP contribution in [0.3, 0.4) is 0 Å². The molecule has 0 atom stereocenters. The molecule has 96 valence electrons. The number of pyridine rings is 2. The lowest BCUT2D eigenvalue weighted by atomic mass is 10.2. The van der Waals surface area contributed by atoms with Crippen molar-refractivity contribution in [3.05, 3.63) is 53.5 Å². The molecule has 0 aromatic carbocycles. The van der Waals surface area contributed by atoms with E-state index in [2.05, 4.69) is 20.4 Å². The first-order valence-corrected chi connectivity index (χ1v) is 6.20. The molecule has 3 aromatic heterocycles. The smallest absolute Gasteiger partial charge is 0.243 e. The summed E-state index contributed by atoms with van der Waals surface area (Å²) >= 11 is 0. The van der Waals surface area contributed by atoms with Crippen molar-refractivity contribution in [2.75, 3.05) is 5.32 Å². The Morgan fingerprint density at radius 3 is 2.95 bits per heavy atom. The van der Waals surface area contributed by atoms with Gasteiger partial charge in [0.05, 0.1) is 12.2 Å². The number of aryl methyl sites for hydroxylation is 2. The fraction of sp³-hybridized carbons (Fsp3) is 0.214. The number of hydrogen-bond acceptors (Lipinski definition) is 4. The summed E-state index contributed by atoms with van der Waals surface area (Å²) < 4.78 is 1.78. The number of anilines is 1. The molecule has 0 bridgehead atoms. The van der Waals surface area contributed by atoms with Crippen LogP contribution in [0.1, 0.15) is 16.8 Å². The molecule has 0 amide bonds. The average molecular weight is 253 g/mol. The maximum atomic E-state index is 4.41. The second kappa shape index (κ2) is 4.68. The molecule has 3 aromatic rings. The predicted molar refractivity (Wildman–Crippen MR) is 74.0 cm³/mol. The Bertz CT molecular complexity index is 717. The number of hydrogen-bond donors (Lipinski definition) is 1. The Balaban J connectivity index is 1.80. The fourth-order valence-electron chi connectivity index (χ4n) is 1.93. The van der Waals surface area contributed by atoms with Gasteiger partial charge in [-0.25, -0.2) is 4.52 Å². The highest BCUT2D eigenvalue weighted by molar-refractivity contribution is 5.44. The molecule has 0 fully saturated rings. The molecule has 0 spiro atoms. The van der Waals surface area contributed by atoms with Crippen LogP contribution in [0.4, 0.5) is 5.95 Å². The largest absolute Gasteiger partial charge is 0.347 e. The molecule has 0 radical (unpaired) electrons. The van der Waals surface area contributed by atoms with Crippen molar-refractivity contribution in [3.63, 3.8) is 0 Å². The van der Waals surface area contributed by atoms with E-state index < -0.39 is 0 Å². The van der Waals surface area contributed by atoms with Crippen LogP contribution in [0.2, 0.25) is 0 Å². The highest BCUT2D eigenvalue weighted by atomic mass is 15.3. The Labute approximate surface area is 111 Å². The second-order valence-electron chi connectivity index (χ2n) is 4.57. The number of nitrogens with zero attached hydrogens (tertiary/aromatic N) is 4. The molecule has 0 aliphatic heterocycles. The molecule has 19 heavy (non-hydrogen) atoms. The molecule has 0 unspecified atom stereocenters. The van der Waals surface area contributed by atoms with Crippen molar-refractivity contribution in [2.45, 2.75) is 20.4 Å². The molecular formula is C14H15N5. The van der Waals surface area contributed by atoms with Gasteiger partial charge in [0.15, 0.2) is 5.65 Å². The van der Waals surface area contributed by atoms with E-state index in [-0.39, 0.29) is 0 Å². The third-order valence-electron chi connectivity index (χ3n) is 3.01. The molecule has 3 rings (SSSR count). The zero-order valence-electron chi connectivity index (χ0n) is 11.0. The minimum absolute atomic E-state index is 0.621. The van der Waals surface area contributed by atoms with Crippen molar-refractivity contribution in [1.82, 2.24) is 19.6 Å². The number of aromatic nitrogens is 4. The number of nitrogens with one attached hydrogen (secondary N) is 1. The first-order chi connectivity index (χ1) is 9.22. The third kappa shape index (κ3) is 2.40. The highest BCUT2D eigenvalue weighted by Gasteiger charge is 2.04. The van der Waals surface area contributed by atoms with Crippen LogP contribution >= 0.6 is 0 Å². The molecule has 0 saturated carbocycles. The monoisotopic (exact) mass is 253 g/mol. The first-order valence-electron chi connectivity index (χ1n) is 6.20. The molecule has 0 saturated heterocycles. The van der Waals surface area contributed by atoms with E-state index in [4.69, 9.17) is 0 Å². The minimum atomic E-state index is 0.621. The Morgan fingerprint density at radius 1 is 1.21 bits per heavy atom. The van der Waals surface area contributed by atoms with Gasteiger partial charge in [0.1, 0.15) is 0 Å². The van der Waals surface area contributed by atoms with Crippen molar-refractivity contribution in [3.8, 4) is 0 Å². The van der Waals surface area contributed by atoms with E-state index in [9.17, 15) is 0 Å². The molecule has 5 heteroatoms. The van der Waals surface area contributed by atoms with E-state index in [1.807, 2.05) is 44.3 Å². The topological polar surface area (TPSA) is 55.1 Å². The highest BCUT2D eigenvalue weighted by Crippen LogP contribution is 2.09. The molecule has 1 N–H and O–H groups in total. The van der Waals surface area contributed by atoms with Gasteiger partial charge in [-0.2, -0.15) is 4.98 Å². The Kier molecular flexibility index (Phi) is 2.87. The molecule has 5 nitrogen and oxygen atoms in total. The summed E-state index contributed by atoms with van der Waals surface area (Å²) in [6.45, 7) is 4.71. The summed E-state index contributed by atoms with van der Waals surface area (Å²) in [6.07, 6.45) is 3.75. The van der Waals surface area contributed by atoms with Crippen LogP contribution in [0.5, 0.6) is 0 Å². The molecule has 0 aliphatic carbocycles. The molecule has 3 heterocycles. The zero-order valence-corrected chi connectivity index (χ0v) is 11.0. The standard InChI is InChI=1S/C14H15N5/c1-10-5-6-13-17-14(18-19(13)9-10)16-8-12-11(2)4-3-7-15-12/h3-7,9H,8H2,1-2H3,(H,16,18). The average Bonchev–Trinajstić information content (AvgIpc) is 2.79. The Hall–Kier alpha value is -2.43.